The van der Waals surface area contributed by atoms with Crippen LogP contribution in [0.3, 0.4) is 0 Å². The summed E-state index contributed by atoms with van der Waals surface area (Å²) in [5.74, 6) is -0.0554. The van der Waals surface area contributed by atoms with E-state index in [1.54, 1.807) is 43.3 Å². The van der Waals surface area contributed by atoms with E-state index in [-0.39, 0.29) is 5.75 Å². The third-order valence-electron chi connectivity index (χ3n) is 4.43. The number of nitrogens with two attached hydrogens (primary N) is 1. The SMILES string of the molecule is C[C@H](Oc1cc(Cl)c(Cc2ccc(O)c(-c3ccc(Cl)cc3)c2)c(Cl)c1)C(N)=O. The quantitative estimate of drug-likeness (QED) is 0.494. The van der Waals surface area contributed by atoms with Crippen LogP contribution in [0, 0.1) is 0 Å². The van der Waals surface area contributed by atoms with E-state index >= 15 is 0 Å². The van der Waals surface area contributed by atoms with Gasteiger partial charge >= 0.3 is 0 Å². The van der Waals surface area contributed by atoms with Crippen LogP contribution in [0.25, 0.3) is 11.1 Å². The molecule has 0 unspecified atom stereocenters. The van der Waals surface area contributed by atoms with Gasteiger partial charge in [0.15, 0.2) is 6.10 Å². The fourth-order valence-corrected chi connectivity index (χ4v) is 3.56. The first kappa shape index (κ1) is 21.3. The van der Waals surface area contributed by atoms with E-state index in [2.05, 4.69) is 0 Å². The first-order chi connectivity index (χ1) is 13.7. The lowest BCUT2D eigenvalue weighted by molar-refractivity contribution is -0.123. The molecule has 0 saturated carbocycles. The smallest absolute Gasteiger partial charge is 0.258 e. The van der Waals surface area contributed by atoms with Gasteiger partial charge in [-0.2, -0.15) is 0 Å². The summed E-state index contributed by atoms with van der Waals surface area (Å²) in [6.07, 6.45) is -0.350. The molecule has 0 bridgehead atoms. The molecule has 0 heterocycles. The number of hydrogen-bond acceptors (Lipinski definition) is 3. The van der Waals surface area contributed by atoms with Gasteiger partial charge in [0, 0.05) is 27.1 Å². The van der Waals surface area contributed by atoms with Gasteiger partial charge in [0.25, 0.3) is 5.91 Å². The lowest BCUT2D eigenvalue weighted by Crippen LogP contribution is -2.30. The Hall–Kier alpha value is -2.40. The summed E-state index contributed by atoms with van der Waals surface area (Å²) in [6.45, 7) is 1.55. The molecule has 0 spiro atoms. The highest BCUT2D eigenvalue weighted by molar-refractivity contribution is 6.36. The third kappa shape index (κ3) is 5.15. The van der Waals surface area contributed by atoms with Gasteiger partial charge in [0.1, 0.15) is 11.5 Å². The second-order valence-corrected chi connectivity index (χ2v) is 7.81. The number of benzene rings is 3. The molecule has 0 aromatic heterocycles. The molecule has 0 aliphatic carbocycles. The molecule has 3 N–H and O–H groups in total. The summed E-state index contributed by atoms with van der Waals surface area (Å²) in [5, 5.41) is 11.7. The van der Waals surface area contributed by atoms with Gasteiger partial charge in [0.05, 0.1) is 0 Å². The van der Waals surface area contributed by atoms with Crippen molar-refractivity contribution in [3.8, 4) is 22.6 Å². The second-order valence-electron chi connectivity index (χ2n) is 6.56. The summed E-state index contributed by atoms with van der Waals surface area (Å²) in [4.78, 5) is 11.2. The van der Waals surface area contributed by atoms with Gasteiger partial charge in [-0.15, -0.1) is 0 Å². The lowest BCUT2D eigenvalue weighted by atomic mass is 9.98. The number of halogens is 3. The van der Waals surface area contributed by atoms with E-state index in [1.165, 1.54) is 0 Å². The molecular weight excluding hydrogens is 433 g/mol. The Labute approximate surface area is 183 Å². The standard InChI is InChI=1S/C22H18Cl3NO3/c1-12(22(26)28)29-16-10-19(24)18(20(25)11-16)9-13-2-7-21(27)17(8-13)14-3-5-15(23)6-4-14/h2-8,10-12,27H,9H2,1H3,(H2,26,28)/t12-/m0/s1. The summed E-state index contributed by atoms with van der Waals surface area (Å²) in [6, 6.07) is 15.7. The molecular formula is C22H18Cl3NO3. The fraction of sp³-hybridized carbons (Fsp3) is 0.136. The van der Waals surface area contributed by atoms with Crippen LogP contribution in [0.2, 0.25) is 15.1 Å². The number of ether oxygens (including phenoxy) is 1. The zero-order chi connectivity index (χ0) is 21.1. The van der Waals surface area contributed by atoms with Crippen LogP contribution in [0.5, 0.6) is 11.5 Å². The number of carbonyl (C=O) groups is 1. The number of rotatable bonds is 6. The van der Waals surface area contributed by atoms with Gasteiger partial charge in [-0.25, -0.2) is 0 Å². The van der Waals surface area contributed by atoms with Crippen molar-refractivity contribution in [1.29, 1.82) is 0 Å². The summed E-state index contributed by atoms with van der Waals surface area (Å²) >= 11 is 18.8. The molecule has 29 heavy (non-hydrogen) atoms. The van der Waals surface area contributed by atoms with Gasteiger partial charge in [0.2, 0.25) is 0 Å². The monoisotopic (exact) mass is 449 g/mol. The number of hydrogen-bond donors (Lipinski definition) is 2. The minimum atomic E-state index is -0.799. The Balaban J connectivity index is 1.89. The van der Waals surface area contributed by atoms with Crippen molar-refractivity contribution < 1.29 is 14.6 Å². The van der Waals surface area contributed by atoms with Crippen LogP contribution in [0.1, 0.15) is 18.1 Å². The Morgan fingerprint density at radius 3 is 2.24 bits per heavy atom. The zero-order valence-electron chi connectivity index (χ0n) is 15.5. The largest absolute Gasteiger partial charge is 0.507 e. The first-order valence-electron chi connectivity index (χ1n) is 8.76. The van der Waals surface area contributed by atoms with Gasteiger partial charge in [-0.05, 0) is 60.0 Å². The molecule has 0 saturated heterocycles. The molecule has 3 aromatic rings. The minimum Gasteiger partial charge on any atom is -0.507 e. The molecule has 3 aromatic carbocycles. The number of phenols is 1. The van der Waals surface area contributed by atoms with Crippen molar-refractivity contribution in [2.75, 3.05) is 0 Å². The highest BCUT2D eigenvalue weighted by Crippen LogP contribution is 2.35. The maximum absolute atomic E-state index is 11.2. The van der Waals surface area contributed by atoms with E-state index in [9.17, 15) is 9.90 Å². The Morgan fingerprint density at radius 1 is 1.03 bits per heavy atom. The van der Waals surface area contributed by atoms with Gasteiger partial charge in [-0.1, -0.05) is 53.0 Å². The maximum atomic E-state index is 11.2. The second kappa shape index (κ2) is 8.95. The van der Waals surface area contributed by atoms with Crippen molar-refractivity contribution in [3.05, 3.63) is 80.8 Å². The van der Waals surface area contributed by atoms with Gasteiger partial charge < -0.3 is 15.6 Å². The van der Waals surface area contributed by atoms with Crippen molar-refractivity contribution in [1.82, 2.24) is 0 Å². The molecule has 0 aliphatic rings. The maximum Gasteiger partial charge on any atom is 0.258 e. The van der Waals surface area contributed by atoms with Crippen LogP contribution in [-0.2, 0) is 11.2 Å². The molecule has 0 fully saturated rings. The molecule has 150 valence electrons. The number of phenolic OH excluding ortho intramolecular Hbond substituents is 1. The summed E-state index contributed by atoms with van der Waals surface area (Å²) in [7, 11) is 0. The number of carbonyl (C=O) groups excluding carboxylic acids is 1. The van der Waals surface area contributed by atoms with E-state index in [0.29, 0.717) is 38.4 Å². The Bertz CT molecular complexity index is 1030. The fourth-order valence-electron chi connectivity index (χ4n) is 2.84. The topological polar surface area (TPSA) is 72.6 Å². The van der Waals surface area contributed by atoms with Crippen molar-refractivity contribution in [2.45, 2.75) is 19.4 Å². The van der Waals surface area contributed by atoms with Crippen LogP contribution in [0.15, 0.2) is 54.6 Å². The number of primary amides is 1. The summed E-state index contributed by atoms with van der Waals surface area (Å²) < 4.78 is 5.46. The van der Waals surface area contributed by atoms with Crippen molar-refractivity contribution >= 4 is 40.7 Å². The van der Waals surface area contributed by atoms with E-state index in [1.807, 2.05) is 18.2 Å². The lowest BCUT2D eigenvalue weighted by Gasteiger charge is -2.15. The van der Waals surface area contributed by atoms with Crippen molar-refractivity contribution in [2.24, 2.45) is 5.73 Å². The number of aromatic hydroxyl groups is 1. The molecule has 3 rings (SSSR count). The van der Waals surface area contributed by atoms with Crippen LogP contribution in [-0.4, -0.2) is 17.1 Å². The van der Waals surface area contributed by atoms with Crippen molar-refractivity contribution in [3.63, 3.8) is 0 Å². The van der Waals surface area contributed by atoms with Gasteiger partial charge in [-0.3, -0.25) is 4.79 Å². The van der Waals surface area contributed by atoms with Crippen LogP contribution in [0.4, 0.5) is 0 Å². The first-order valence-corrected chi connectivity index (χ1v) is 9.89. The van der Waals surface area contributed by atoms with E-state index < -0.39 is 12.0 Å². The Kier molecular flexibility index (Phi) is 6.58. The normalized spacial score (nSPS) is 11.9. The van der Waals surface area contributed by atoms with Crippen LogP contribution < -0.4 is 10.5 Å². The molecule has 4 nitrogen and oxygen atoms in total. The van der Waals surface area contributed by atoms with E-state index in [4.69, 9.17) is 45.3 Å². The highest BCUT2D eigenvalue weighted by Gasteiger charge is 2.15. The predicted molar refractivity (Wildman–Crippen MR) is 117 cm³/mol. The molecule has 0 aliphatic heterocycles. The molecule has 1 atom stereocenters. The molecule has 1 amide bonds. The Morgan fingerprint density at radius 2 is 1.66 bits per heavy atom. The highest BCUT2D eigenvalue weighted by atomic mass is 35.5. The molecule has 0 radical (unpaired) electrons. The van der Waals surface area contributed by atoms with Crippen LogP contribution >= 0.6 is 34.8 Å². The van der Waals surface area contributed by atoms with E-state index in [0.717, 1.165) is 11.1 Å². The predicted octanol–water partition coefficient (Wildman–Crippen LogP) is 5.86. The average Bonchev–Trinajstić information content (AvgIpc) is 2.66. The average molecular weight is 451 g/mol. The summed E-state index contributed by atoms with van der Waals surface area (Å²) in [5.41, 5.74) is 8.36. The molecule has 7 heteroatoms. The zero-order valence-corrected chi connectivity index (χ0v) is 17.7. The number of amides is 1. The third-order valence-corrected chi connectivity index (χ3v) is 5.35. The minimum absolute atomic E-state index is 0.164.